The van der Waals surface area contributed by atoms with Crippen molar-refractivity contribution in [3.8, 4) is 0 Å². The molecular formula is C20H22N2O4. The fraction of sp³-hybridized carbons (Fsp3) is 0.250. The lowest BCUT2D eigenvalue weighted by molar-refractivity contribution is -0.138. The molecule has 0 aromatic heterocycles. The maximum atomic E-state index is 12.7. The quantitative estimate of drug-likeness (QED) is 0.865. The minimum Gasteiger partial charge on any atom is -0.480 e. The summed E-state index contributed by atoms with van der Waals surface area (Å²) in [7, 11) is 1.66. The van der Waals surface area contributed by atoms with Gasteiger partial charge < -0.3 is 14.9 Å². The van der Waals surface area contributed by atoms with Crippen LogP contribution in [0.3, 0.4) is 0 Å². The van der Waals surface area contributed by atoms with Gasteiger partial charge in [-0.1, -0.05) is 24.3 Å². The van der Waals surface area contributed by atoms with Crippen molar-refractivity contribution >= 4 is 23.5 Å². The first-order valence-electron chi connectivity index (χ1n) is 8.27. The molecule has 26 heavy (non-hydrogen) atoms. The first-order chi connectivity index (χ1) is 12.3. The number of amides is 2. The Balaban J connectivity index is 2.27. The number of hydrogen-bond acceptors (Lipinski definition) is 3. The van der Waals surface area contributed by atoms with Crippen molar-refractivity contribution in [2.24, 2.45) is 0 Å². The number of aliphatic carboxylic acids is 1. The number of carbonyl (C=O) groups is 3. The monoisotopic (exact) mass is 354 g/mol. The number of benzene rings is 2. The molecule has 0 aliphatic heterocycles. The van der Waals surface area contributed by atoms with Crippen molar-refractivity contribution in [1.82, 2.24) is 4.90 Å². The van der Waals surface area contributed by atoms with Crippen molar-refractivity contribution in [3.05, 3.63) is 65.7 Å². The minimum absolute atomic E-state index is 0.250. The standard InChI is InChI=1S/C20H22N2O4/c1-14(2)22(13-18(23)24)20(26)16-9-7-8-15(12-16)19(25)21(3)17-10-5-4-6-11-17/h4-12,14H,13H2,1-3H3,(H,23,24). The second kappa shape index (κ2) is 8.29. The van der Waals surface area contributed by atoms with Crippen LogP contribution in [-0.4, -0.2) is 47.4 Å². The van der Waals surface area contributed by atoms with Crippen LogP contribution < -0.4 is 4.90 Å². The first kappa shape index (κ1) is 19.2. The third kappa shape index (κ3) is 4.47. The molecule has 6 nitrogen and oxygen atoms in total. The van der Waals surface area contributed by atoms with Gasteiger partial charge in [0.15, 0.2) is 0 Å². The largest absolute Gasteiger partial charge is 0.480 e. The van der Waals surface area contributed by atoms with E-state index < -0.39 is 18.4 Å². The predicted octanol–water partition coefficient (Wildman–Crippen LogP) is 2.90. The molecule has 2 aromatic rings. The Labute approximate surface area is 152 Å². The van der Waals surface area contributed by atoms with Crippen LogP contribution in [0, 0.1) is 0 Å². The molecule has 0 saturated heterocycles. The van der Waals surface area contributed by atoms with Crippen LogP contribution >= 0.6 is 0 Å². The summed E-state index contributed by atoms with van der Waals surface area (Å²) in [6, 6.07) is 15.3. The molecule has 0 aliphatic rings. The zero-order valence-electron chi connectivity index (χ0n) is 15.0. The van der Waals surface area contributed by atoms with Gasteiger partial charge in [-0.25, -0.2) is 0 Å². The molecule has 6 heteroatoms. The van der Waals surface area contributed by atoms with Gasteiger partial charge in [0.2, 0.25) is 0 Å². The number of para-hydroxylation sites is 1. The van der Waals surface area contributed by atoms with Crippen molar-refractivity contribution in [1.29, 1.82) is 0 Å². The number of carboxylic acids is 1. The van der Waals surface area contributed by atoms with Gasteiger partial charge in [-0.15, -0.1) is 0 Å². The van der Waals surface area contributed by atoms with E-state index in [1.165, 1.54) is 15.9 Å². The van der Waals surface area contributed by atoms with Crippen LogP contribution in [0.15, 0.2) is 54.6 Å². The average Bonchev–Trinajstić information content (AvgIpc) is 2.64. The molecule has 0 aliphatic carbocycles. The molecule has 2 rings (SSSR count). The fourth-order valence-electron chi connectivity index (χ4n) is 2.55. The average molecular weight is 354 g/mol. The second-order valence-corrected chi connectivity index (χ2v) is 6.20. The maximum Gasteiger partial charge on any atom is 0.323 e. The highest BCUT2D eigenvalue weighted by Crippen LogP contribution is 2.17. The molecule has 136 valence electrons. The molecule has 0 heterocycles. The lowest BCUT2D eigenvalue weighted by Gasteiger charge is -2.25. The Bertz CT molecular complexity index is 802. The van der Waals surface area contributed by atoms with E-state index in [-0.39, 0.29) is 17.5 Å². The maximum absolute atomic E-state index is 12.7. The van der Waals surface area contributed by atoms with E-state index in [4.69, 9.17) is 5.11 Å². The van der Waals surface area contributed by atoms with Gasteiger partial charge in [-0.3, -0.25) is 14.4 Å². The molecule has 0 spiro atoms. The molecule has 0 bridgehead atoms. The fourth-order valence-corrected chi connectivity index (χ4v) is 2.55. The molecule has 0 radical (unpaired) electrons. The van der Waals surface area contributed by atoms with E-state index in [9.17, 15) is 14.4 Å². The number of anilines is 1. The number of hydrogen-bond donors (Lipinski definition) is 1. The summed E-state index contributed by atoms with van der Waals surface area (Å²) >= 11 is 0. The van der Waals surface area contributed by atoms with Crippen molar-refractivity contribution in [2.45, 2.75) is 19.9 Å². The molecule has 1 N–H and O–H groups in total. The van der Waals surface area contributed by atoms with Gasteiger partial charge in [0.25, 0.3) is 11.8 Å². The summed E-state index contributed by atoms with van der Waals surface area (Å²) in [4.78, 5) is 39.2. The predicted molar refractivity (Wildman–Crippen MR) is 99.4 cm³/mol. The van der Waals surface area contributed by atoms with Crippen LogP contribution in [0.1, 0.15) is 34.6 Å². The Hall–Kier alpha value is -3.15. The Kier molecular flexibility index (Phi) is 6.11. The molecule has 0 saturated carbocycles. The van der Waals surface area contributed by atoms with Gasteiger partial charge in [0.05, 0.1) is 0 Å². The van der Waals surface area contributed by atoms with E-state index >= 15 is 0 Å². The molecule has 0 atom stereocenters. The summed E-state index contributed by atoms with van der Waals surface area (Å²) in [5.74, 6) is -1.75. The molecule has 2 amide bonds. The zero-order chi connectivity index (χ0) is 19.3. The van der Waals surface area contributed by atoms with Crippen molar-refractivity contribution in [2.75, 3.05) is 18.5 Å². The van der Waals surface area contributed by atoms with Gasteiger partial charge >= 0.3 is 5.97 Å². The molecule has 0 fully saturated rings. The number of nitrogens with zero attached hydrogens (tertiary/aromatic N) is 2. The van der Waals surface area contributed by atoms with Gasteiger partial charge in [0, 0.05) is 29.9 Å². The second-order valence-electron chi connectivity index (χ2n) is 6.20. The number of carboxylic acid groups (broad SMARTS) is 1. The van der Waals surface area contributed by atoms with Gasteiger partial charge in [-0.2, -0.15) is 0 Å². The van der Waals surface area contributed by atoms with Gasteiger partial charge in [0.1, 0.15) is 6.54 Å². The SMILES string of the molecule is CC(C)N(CC(=O)O)C(=O)c1cccc(C(=O)N(C)c2ccccc2)c1. The van der Waals surface area contributed by atoms with E-state index in [1.807, 2.05) is 30.3 Å². The van der Waals surface area contributed by atoms with Crippen LogP contribution in [-0.2, 0) is 4.79 Å². The van der Waals surface area contributed by atoms with E-state index in [0.29, 0.717) is 5.56 Å². The summed E-state index contributed by atoms with van der Waals surface area (Å²) in [6.07, 6.45) is 0. The lowest BCUT2D eigenvalue weighted by Crippen LogP contribution is -2.40. The highest BCUT2D eigenvalue weighted by molar-refractivity contribution is 6.07. The van der Waals surface area contributed by atoms with E-state index in [0.717, 1.165) is 5.69 Å². The third-order valence-corrected chi connectivity index (χ3v) is 3.99. The summed E-state index contributed by atoms with van der Waals surface area (Å²) < 4.78 is 0. The van der Waals surface area contributed by atoms with Crippen LogP contribution in [0.5, 0.6) is 0 Å². The molecular weight excluding hydrogens is 332 g/mol. The Morgan fingerprint density at radius 3 is 2.04 bits per heavy atom. The smallest absolute Gasteiger partial charge is 0.323 e. The third-order valence-electron chi connectivity index (χ3n) is 3.99. The highest BCUT2D eigenvalue weighted by Gasteiger charge is 2.22. The normalized spacial score (nSPS) is 10.5. The van der Waals surface area contributed by atoms with E-state index in [1.54, 1.807) is 39.1 Å². The molecule has 0 unspecified atom stereocenters. The number of carbonyl (C=O) groups excluding carboxylic acids is 2. The van der Waals surface area contributed by atoms with Crippen LogP contribution in [0.25, 0.3) is 0 Å². The minimum atomic E-state index is -1.08. The summed E-state index contributed by atoms with van der Waals surface area (Å²) in [6.45, 7) is 3.11. The first-order valence-corrected chi connectivity index (χ1v) is 8.27. The topological polar surface area (TPSA) is 77.9 Å². The molecule has 2 aromatic carbocycles. The highest BCUT2D eigenvalue weighted by atomic mass is 16.4. The zero-order valence-corrected chi connectivity index (χ0v) is 15.0. The Morgan fingerprint density at radius 2 is 1.50 bits per heavy atom. The van der Waals surface area contributed by atoms with E-state index in [2.05, 4.69) is 0 Å². The van der Waals surface area contributed by atoms with Gasteiger partial charge in [-0.05, 0) is 44.2 Å². The summed E-state index contributed by atoms with van der Waals surface area (Å²) in [5.41, 5.74) is 1.39. The lowest BCUT2D eigenvalue weighted by atomic mass is 10.1. The number of rotatable bonds is 6. The van der Waals surface area contributed by atoms with Crippen LogP contribution in [0.4, 0.5) is 5.69 Å². The Morgan fingerprint density at radius 1 is 0.923 bits per heavy atom. The van der Waals surface area contributed by atoms with Crippen LogP contribution in [0.2, 0.25) is 0 Å². The van der Waals surface area contributed by atoms with Crippen molar-refractivity contribution < 1.29 is 19.5 Å². The van der Waals surface area contributed by atoms with Crippen molar-refractivity contribution in [3.63, 3.8) is 0 Å². The summed E-state index contributed by atoms with van der Waals surface area (Å²) in [5, 5.41) is 9.02.